The first-order valence-electron chi connectivity index (χ1n) is 5.59. The first kappa shape index (κ1) is 12.7. The Morgan fingerprint density at radius 1 is 1.41 bits per heavy atom. The van der Waals surface area contributed by atoms with Crippen molar-refractivity contribution >= 4 is 29.1 Å². The van der Waals surface area contributed by atoms with Gasteiger partial charge in [-0.15, -0.1) is 0 Å². The molecule has 3 nitrogen and oxygen atoms in total. The van der Waals surface area contributed by atoms with Crippen LogP contribution in [0.2, 0.25) is 10.0 Å². The summed E-state index contributed by atoms with van der Waals surface area (Å²) < 4.78 is 0. The highest BCUT2D eigenvalue weighted by molar-refractivity contribution is 6.35. The van der Waals surface area contributed by atoms with E-state index < -0.39 is 0 Å². The minimum absolute atomic E-state index is 0.140. The number of hydrogen-bond acceptors (Lipinski definition) is 2. The van der Waals surface area contributed by atoms with Gasteiger partial charge in [0.25, 0.3) is 0 Å². The summed E-state index contributed by atoms with van der Waals surface area (Å²) in [5.41, 5.74) is 1.01. The molecule has 0 aromatic heterocycles. The number of amides is 1. The SMILES string of the molecule is O=C1CCC(CNCc2ccc(Cl)cc2Cl)N1. The van der Waals surface area contributed by atoms with Gasteiger partial charge < -0.3 is 10.6 Å². The Hall–Kier alpha value is -0.770. The van der Waals surface area contributed by atoms with Gasteiger partial charge in [0.15, 0.2) is 0 Å². The normalized spacial score (nSPS) is 19.4. The Bertz CT molecular complexity index is 423. The van der Waals surface area contributed by atoms with Crippen LogP contribution in [0.1, 0.15) is 18.4 Å². The molecule has 1 aromatic carbocycles. The van der Waals surface area contributed by atoms with Crippen molar-refractivity contribution in [1.82, 2.24) is 10.6 Å². The fraction of sp³-hybridized carbons (Fsp3) is 0.417. The second-order valence-corrected chi connectivity index (χ2v) is 5.01. The number of rotatable bonds is 4. The molecule has 1 atom stereocenters. The molecule has 0 aliphatic carbocycles. The van der Waals surface area contributed by atoms with Crippen LogP contribution in [0.25, 0.3) is 0 Å². The lowest BCUT2D eigenvalue weighted by atomic mass is 10.2. The maximum absolute atomic E-state index is 11.0. The molecule has 1 saturated heterocycles. The van der Waals surface area contributed by atoms with Gasteiger partial charge in [-0.3, -0.25) is 4.79 Å². The smallest absolute Gasteiger partial charge is 0.220 e. The first-order chi connectivity index (χ1) is 8.15. The molecule has 17 heavy (non-hydrogen) atoms. The molecule has 0 radical (unpaired) electrons. The minimum Gasteiger partial charge on any atom is -0.352 e. The van der Waals surface area contributed by atoms with Gasteiger partial charge in [0.05, 0.1) is 0 Å². The molecule has 5 heteroatoms. The van der Waals surface area contributed by atoms with E-state index in [0.717, 1.165) is 18.5 Å². The van der Waals surface area contributed by atoms with Crippen molar-refractivity contribution < 1.29 is 4.79 Å². The average Bonchev–Trinajstić information content (AvgIpc) is 2.68. The Morgan fingerprint density at radius 3 is 2.88 bits per heavy atom. The van der Waals surface area contributed by atoms with Crippen molar-refractivity contribution in [1.29, 1.82) is 0 Å². The first-order valence-corrected chi connectivity index (χ1v) is 6.35. The number of benzene rings is 1. The zero-order valence-corrected chi connectivity index (χ0v) is 10.8. The summed E-state index contributed by atoms with van der Waals surface area (Å²) in [7, 11) is 0. The van der Waals surface area contributed by atoms with Gasteiger partial charge >= 0.3 is 0 Å². The highest BCUT2D eigenvalue weighted by Crippen LogP contribution is 2.20. The second-order valence-electron chi connectivity index (χ2n) is 4.17. The molecule has 1 aliphatic heterocycles. The van der Waals surface area contributed by atoms with E-state index in [4.69, 9.17) is 23.2 Å². The Morgan fingerprint density at radius 2 is 2.24 bits per heavy atom. The molecule has 0 bridgehead atoms. The lowest BCUT2D eigenvalue weighted by Gasteiger charge is -2.12. The summed E-state index contributed by atoms with van der Waals surface area (Å²) >= 11 is 11.9. The fourth-order valence-corrected chi connectivity index (χ4v) is 2.35. The number of halogens is 2. The van der Waals surface area contributed by atoms with Gasteiger partial charge in [0.2, 0.25) is 5.91 Å². The van der Waals surface area contributed by atoms with Gasteiger partial charge in [-0.05, 0) is 24.1 Å². The lowest BCUT2D eigenvalue weighted by molar-refractivity contribution is -0.119. The largest absolute Gasteiger partial charge is 0.352 e. The minimum atomic E-state index is 0.140. The van der Waals surface area contributed by atoms with E-state index in [1.165, 1.54) is 0 Å². The fourth-order valence-electron chi connectivity index (χ4n) is 1.88. The maximum atomic E-state index is 11.0. The standard InChI is InChI=1S/C12H14Cl2N2O/c13-9-2-1-8(11(14)5-9)6-15-7-10-3-4-12(17)16-10/h1-2,5,10,15H,3-4,6-7H2,(H,16,17). The van der Waals surface area contributed by atoms with Gasteiger partial charge in [-0.1, -0.05) is 29.3 Å². The van der Waals surface area contributed by atoms with Gasteiger partial charge in [-0.25, -0.2) is 0 Å². The molecule has 1 fully saturated rings. The zero-order valence-electron chi connectivity index (χ0n) is 9.30. The zero-order chi connectivity index (χ0) is 12.3. The van der Waals surface area contributed by atoms with Crippen molar-refractivity contribution in [3.63, 3.8) is 0 Å². The van der Waals surface area contributed by atoms with Crippen LogP contribution in [0, 0.1) is 0 Å². The lowest BCUT2D eigenvalue weighted by Crippen LogP contribution is -2.35. The summed E-state index contributed by atoms with van der Waals surface area (Å²) in [6.45, 7) is 1.45. The Labute approximate surface area is 110 Å². The molecule has 2 N–H and O–H groups in total. The van der Waals surface area contributed by atoms with E-state index in [0.29, 0.717) is 23.0 Å². The predicted molar refractivity (Wildman–Crippen MR) is 69.3 cm³/mol. The molecule has 1 unspecified atom stereocenters. The molecular formula is C12H14Cl2N2O. The third kappa shape index (κ3) is 3.60. The van der Waals surface area contributed by atoms with Crippen LogP contribution in [-0.4, -0.2) is 18.5 Å². The number of nitrogens with one attached hydrogen (secondary N) is 2. The van der Waals surface area contributed by atoms with Crippen LogP contribution in [-0.2, 0) is 11.3 Å². The van der Waals surface area contributed by atoms with Gasteiger partial charge in [0, 0.05) is 35.6 Å². The number of carbonyl (C=O) groups is 1. The third-order valence-corrected chi connectivity index (χ3v) is 3.39. The molecule has 1 aliphatic rings. The molecule has 2 rings (SSSR count). The van der Waals surface area contributed by atoms with Crippen molar-refractivity contribution in [2.75, 3.05) is 6.54 Å². The van der Waals surface area contributed by atoms with Crippen molar-refractivity contribution in [2.45, 2.75) is 25.4 Å². The van der Waals surface area contributed by atoms with Crippen molar-refractivity contribution in [3.8, 4) is 0 Å². The summed E-state index contributed by atoms with van der Waals surface area (Å²) in [5.74, 6) is 0.140. The van der Waals surface area contributed by atoms with Crippen LogP contribution in [0.15, 0.2) is 18.2 Å². The molecule has 92 valence electrons. The van der Waals surface area contributed by atoms with Crippen molar-refractivity contribution in [3.05, 3.63) is 33.8 Å². The van der Waals surface area contributed by atoms with Crippen LogP contribution in [0.4, 0.5) is 0 Å². The van der Waals surface area contributed by atoms with E-state index in [9.17, 15) is 4.79 Å². The third-order valence-electron chi connectivity index (χ3n) is 2.81. The summed E-state index contributed by atoms with van der Waals surface area (Å²) in [6.07, 6.45) is 1.54. The molecule has 1 aromatic rings. The topological polar surface area (TPSA) is 41.1 Å². The van der Waals surface area contributed by atoms with Crippen LogP contribution in [0.5, 0.6) is 0 Å². The van der Waals surface area contributed by atoms with E-state index >= 15 is 0 Å². The summed E-state index contributed by atoms with van der Waals surface area (Å²) in [4.78, 5) is 11.0. The van der Waals surface area contributed by atoms with Crippen LogP contribution >= 0.6 is 23.2 Å². The van der Waals surface area contributed by atoms with Crippen LogP contribution in [0.3, 0.4) is 0 Å². The average molecular weight is 273 g/mol. The van der Waals surface area contributed by atoms with E-state index in [-0.39, 0.29) is 11.9 Å². The number of carbonyl (C=O) groups excluding carboxylic acids is 1. The number of hydrogen-bond donors (Lipinski definition) is 2. The second kappa shape index (κ2) is 5.71. The molecule has 0 spiro atoms. The monoisotopic (exact) mass is 272 g/mol. The van der Waals surface area contributed by atoms with Crippen LogP contribution < -0.4 is 10.6 Å². The van der Waals surface area contributed by atoms with E-state index in [2.05, 4.69) is 10.6 Å². The molecule has 1 heterocycles. The highest BCUT2D eigenvalue weighted by Gasteiger charge is 2.19. The quantitative estimate of drug-likeness (QED) is 0.884. The Balaban J connectivity index is 1.80. The molecule has 0 saturated carbocycles. The molecule has 1 amide bonds. The predicted octanol–water partition coefficient (Wildman–Crippen LogP) is 2.36. The molecular weight excluding hydrogens is 259 g/mol. The van der Waals surface area contributed by atoms with E-state index in [1.54, 1.807) is 6.07 Å². The highest BCUT2D eigenvalue weighted by atomic mass is 35.5. The summed E-state index contributed by atoms with van der Waals surface area (Å²) in [6, 6.07) is 5.71. The van der Waals surface area contributed by atoms with Gasteiger partial charge in [-0.2, -0.15) is 0 Å². The maximum Gasteiger partial charge on any atom is 0.220 e. The van der Waals surface area contributed by atoms with E-state index in [1.807, 2.05) is 12.1 Å². The van der Waals surface area contributed by atoms with Crippen molar-refractivity contribution in [2.24, 2.45) is 0 Å². The Kier molecular flexibility index (Phi) is 4.26. The van der Waals surface area contributed by atoms with Gasteiger partial charge in [0.1, 0.15) is 0 Å². The summed E-state index contributed by atoms with van der Waals surface area (Å²) in [5, 5.41) is 7.50.